The van der Waals surface area contributed by atoms with E-state index in [-0.39, 0.29) is 0 Å². The first-order valence-electron chi connectivity index (χ1n) is 2.56. The fraction of sp³-hybridized carbons (Fsp3) is 0.333. The average Bonchev–Trinajstić information content (AvgIpc) is 1.77. The predicted molar refractivity (Wildman–Crippen MR) is 31.7 cm³/mol. The zero-order valence-electron chi connectivity index (χ0n) is 5.06. The maximum Gasteiger partial charge on any atom is 0.119 e. The van der Waals surface area contributed by atoms with Crippen molar-refractivity contribution in [1.82, 2.24) is 5.48 Å². The molecule has 0 bridgehead atoms. The van der Waals surface area contributed by atoms with E-state index in [2.05, 4.69) is 5.48 Å². The SMILES string of the molecule is CC1=C(C)NOC=C1. The normalized spacial score (nSPS) is 17.8. The van der Waals surface area contributed by atoms with Crippen molar-refractivity contribution in [2.24, 2.45) is 0 Å². The molecular weight excluding hydrogens is 102 g/mol. The Morgan fingerprint density at radius 3 is 2.62 bits per heavy atom. The second-order valence-corrected chi connectivity index (χ2v) is 1.83. The molecular formula is C6H9NO. The summed E-state index contributed by atoms with van der Waals surface area (Å²) in [4.78, 5) is 4.76. The molecule has 1 aliphatic rings. The number of nitrogens with one attached hydrogen (secondary N) is 1. The predicted octanol–water partition coefficient (Wildman–Crippen LogP) is 1.33. The van der Waals surface area contributed by atoms with Gasteiger partial charge in [-0.3, -0.25) is 0 Å². The maximum absolute atomic E-state index is 4.76. The van der Waals surface area contributed by atoms with Gasteiger partial charge in [0, 0.05) is 5.70 Å². The van der Waals surface area contributed by atoms with Crippen LogP contribution in [0.25, 0.3) is 0 Å². The minimum absolute atomic E-state index is 1.08. The van der Waals surface area contributed by atoms with E-state index in [0.29, 0.717) is 0 Å². The van der Waals surface area contributed by atoms with E-state index in [9.17, 15) is 0 Å². The van der Waals surface area contributed by atoms with Gasteiger partial charge in [-0.25, -0.2) is 5.48 Å². The van der Waals surface area contributed by atoms with Gasteiger partial charge in [-0.2, -0.15) is 0 Å². The fourth-order valence-corrected chi connectivity index (χ4v) is 0.464. The highest BCUT2D eigenvalue weighted by molar-refractivity contribution is 5.21. The molecule has 0 aromatic rings. The van der Waals surface area contributed by atoms with Crippen molar-refractivity contribution in [3.8, 4) is 0 Å². The number of allylic oxidation sites excluding steroid dienone is 3. The summed E-state index contributed by atoms with van der Waals surface area (Å²) >= 11 is 0. The number of hydrogen-bond donors (Lipinski definition) is 1. The zero-order chi connectivity index (χ0) is 5.98. The maximum atomic E-state index is 4.76. The van der Waals surface area contributed by atoms with Crippen molar-refractivity contribution in [1.29, 1.82) is 0 Å². The van der Waals surface area contributed by atoms with Gasteiger partial charge in [0.2, 0.25) is 0 Å². The minimum Gasteiger partial charge on any atom is -0.390 e. The van der Waals surface area contributed by atoms with E-state index >= 15 is 0 Å². The van der Waals surface area contributed by atoms with Crippen LogP contribution in [-0.4, -0.2) is 0 Å². The summed E-state index contributed by atoms with van der Waals surface area (Å²) in [5.74, 6) is 0. The second-order valence-electron chi connectivity index (χ2n) is 1.83. The molecule has 2 nitrogen and oxygen atoms in total. The van der Waals surface area contributed by atoms with Gasteiger partial charge in [0.1, 0.15) is 6.26 Å². The lowest BCUT2D eigenvalue weighted by Gasteiger charge is -2.10. The van der Waals surface area contributed by atoms with E-state index in [1.54, 1.807) is 6.26 Å². The molecule has 0 aromatic heterocycles. The van der Waals surface area contributed by atoms with Gasteiger partial charge in [0.05, 0.1) is 0 Å². The van der Waals surface area contributed by atoms with Crippen LogP contribution in [0.4, 0.5) is 0 Å². The first kappa shape index (κ1) is 5.22. The highest BCUT2D eigenvalue weighted by atomic mass is 16.6. The van der Waals surface area contributed by atoms with Gasteiger partial charge in [-0.15, -0.1) is 0 Å². The molecule has 1 heterocycles. The summed E-state index contributed by atoms with van der Waals surface area (Å²) in [6, 6.07) is 0. The van der Waals surface area contributed by atoms with Crippen LogP contribution in [-0.2, 0) is 4.84 Å². The van der Waals surface area contributed by atoms with E-state index in [1.165, 1.54) is 5.57 Å². The number of hydroxylamine groups is 1. The molecule has 0 aliphatic carbocycles. The molecule has 0 unspecified atom stereocenters. The van der Waals surface area contributed by atoms with Crippen LogP contribution in [0, 0.1) is 0 Å². The molecule has 0 saturated heterocycles. The van der Waals surface area contributed by atoms with Crippen LogP contribution in [0.3, 0.4) is 0 Å². The lowest BCUT2D eigenvalue weighted by molar-refractivity contribution is 0.158. The first-order valence-corrected chi connectivity index (χ1v) is 2.56. The molecule has 0 saturated carbocycles. The summed E-state index contributed by atoms with van der Waals surface area (Å²) in [7, 11) is 0. The number of hydrogen-bond acceptors (Lipinski definition) is 2. The summed E-state index contributed by atoms with van der Waals surface area (Å²) in [5, 5.41) is 0. The van der Waals surface area contributed by atoms with Gasteiger partial charge >= 0.3 is 0 Å². The Morgan fingerprint density at radius 1 is 1.50 bits per heavy atom. The van der Waals surface area contributed by atoms with E-state index < -0.39 is 0 Å². The van der Waals surface area contributed by atoms with E-state index in [1.807, 2.05) is 19.9 Å². The molecule has 1 rings (SSSR count). The number of rotatable bonds is 0. The Hall–Kier alpha value is -0.920. The van der Waals surface area contributed by atoms with Gasteiger partial charge in [-0.1, -0.05) is 0 Å². The molecule has 0 radical (unpaired) electrons. The summed E-state index contributed by atoms with van der Waals surface area (Å²) in [6.45, 7) is 4.00. The summed E-state index contributed by atoms with van der Waals surface area (Å²) < 4.78 is 0. The fourth-order valence-electron chi connectivity index (χ4n) is 0.464. The van der Waals surface area contributed by atoms with Gasteiger partial charge in [0.15, 0.2) is 0 Å². The Morgan fingerprint density at radius 2 is 2.25 bits per heavy atom. The molecule has 0 aromatic carbocycles. The molecule has 44 valence electrons. The Bertz CT molecular complexity index is 147. The van der Waals surface area contributed by atoms with Crippen LogP contribution in [0.1, 0.15) is 13.8 Å². The highest BCUT2D eigenvalue weighted by Gasteiger charge is 1.95. The lowest BCUT2D eigenvalue weighted by atomic mass is 10.2. The van der Waals surface area contributed by atoms with Crippen molar-refractivity contribution in [2.75, 3.05) is 0 Å². The van der Waals surface area contributed by atoms with Gasteiger partial charge in [-0.05, 0) is 25.5 Å². The van der Waals surface area contributed by atoms with E-state index in [0.717, 1.165) is 5.70 Å². The van der Waals surface area contributed by atoms with Gasteiger partial charge in [0.25, 0.3) is 0 Å². The van der Waals surface area contributed by atoms with Crippen molar-refractivity contribution in [3.05, 3.63) is 23.6 Å². The molecule has 1 N–H and O–H groups in total. The molecule has 0 fully saturated rings. The average molecular weight is 111 g/mol. The molecule has 8 heavy (non-hydrogen) atoms. The smallest absolute Gasteiger partial charge is 0.119 e. The quantitative estimate of drug-likeness (QED) is 0.509. The van der Waals surface area contributed by atoms with Crippen LogP contribution in [0.5, 0.6) is 0 Å². The molecule has 0 atom stereocenters. The first-order chi connectivity index (χ1) is 3.80. The van der Waals surface area contributed by atoms with Crippen molar-refractivity contribution in [3.63, 3.8) is 0 Å². The standard InChI is InChI=1S/C6H9NO/c1-5-3-4-8-7-6(5)2/h3-4,7H,1-2H3. The van der Waals surface area contributed by atoms with Crippen molar-refractivity contribution in [2.45, 2.75) is 13.8 Å². The largest absolute Gasteiger partial charge is 0.390 e. The summed E-state index contributed by atoms with van der Waals surface area (Å²) in [5.41, 5.74) is 5.02. The van der Waals surface area contributed by atoms with Crippen LogP contribution in [0.15, 0.2) is 23.6 Å². The monoisotopic (exact) mass is 111 g/mol. The third-order valence-corrected chi connectivity index (χ3v) is 1.19. The van der Waals surface area contributed by atoms with Crippen LogP contribution < -0.4 is 5.48 Å². The summed E-state index contributed by atoms with van der Waals surface area (Å²) in [6.07, 6.45) is 3.55. The Labute approximate surface area is 48.8 Å². The van der Waals surface area contributed by atoms with Crippen LogP contribution in [0.2, 0.25) is 0 Å². The van der Waals surface area contributed by atoms with Gasteiger partial charge < -0.3 is 4.84 Å². The molecule has 2 heteroatoms. The Kier molecular flexibility index (Phi) is 1.24. The third-order valence-electron chi connectivity index (χ3n) is 1.19. The van der Waals surface area contributed by atoms with E-state index in [4.69, 9.17) is 4.84 Å². The highest BCUT2D eigenvalue weighted by Crippen LogP contribution is 2.05. The van der Waals surface area contributed by atoms with Crippen molar-refractivity contribution >= 4 is 0 Å². The molecule has 0 spiro atoms. The Balaban J connectivity index is 2.76. The lowest BCUT2D eigenvalue weighted by Crippen LogP contribution is -2.12. The minimum atomic E-state index is 1.08. The molecule has 0 amide bonds. The molecule has 1 aliphatic heterocycles. The van der Waals surface area contributed by atoms with Crippen LogP contribution >= 0.6 is 0 Å². The second kappa shape index (κ2) is 1.90. The third kappa shape index (κ3) is 0.832. The van der Waals surface area contributed by atoms with Crippen molar-refractivity contribution < 1.29 is 4.84 Å². The topological polar surface area (TPSA) is 21.3 Å². The zero-order valence-corrected chi connectivity index (χ0v) is 5.06.